The fourth-order valence-corrected chi connectivity index (χ4v) is 2.34. The van der Waals surface area contributed by atoms with Gasteiger partial charge in [0.2, 0.25) is 0 Å². The topological polar surface area (TPSA) is 133 Å². The molecule has 0 bridgehead atoms. The predicted molar refractivity (Wildman–Crippen MR) is 71.0 cm³/mol. The third-order valence-corrected chi connectivity index (χ3v) is 3.75. The summed E-state index contributed by atoms with van der Waals surface area (Å²) in [6.45, 7) is 0. The van der Waals surface area contributed by atoms with Gasteiger partial charge in [0.25, 0.3) is 10.0 Å². The Balaban J connectivity index is 2.24. The van der Waals surface area contributed by atoms with Crippen LogP contribution in [0.25, 0.3) is 0 Å². The smallest absolute Gasteiger partial charge is 0.337 e. The Morgan fingerprint density at radius 1 is 1.19 bits per heavy atom. The zero-order chi connectivity index (χ0) is 15.5. The van der Waals surface area contributed by atoms with Crippen LogP contribution in [0.3, 0.4) is 0 Å². The van der Waals surface area contributed by atoms with Crippen LogP contribution in [0.1, 0.15) is 16.1 Å². The molecule has 0 aromatic carbocycles. The first-order valence-electron chi connectivity index (χ1n) is 5.51. The van der Waals surface area contributed by atoms with Crippen LogP contribution in [0, 0.1) is 11.3 Å². The molecule has 9 heteroatoms. The minimum atomic E-state index is -3.90. The van der Waals surface area contributed by atoms with Crippen molar-refractivity contribution in [2.24, 2.45) is 0 Å². The van der Waals surface area contributed by atoms with Crippen molar-refractivity contribution in [2.75, 3.05) is 4.72 Å². The second kappa shape index (κ2) is 5.56. The Morgan fingerprint density at radius 3 is 2.43 bits per heavy atom. The van der Waals surface area contributed by atoms with E-state index in [1.165, 1.54) is 24.3 Å². The Morgan fingerprint density at radius 2 is 1.95 bits per heavy atom. The van der Waals surface area contributed by atoms with Crippen molar-refractivity contribution in [3.8, 4) is 6.07 Å². The lowest BCUT2D eigenvalue weighted by molar-refractivity contribution is 0.0696. The number of nitriles is 1. The van der Waals surface area contributed by atoms with Gasteiger partial charge in [-0.05, 0) is 24.3 Å². The average molecular weight is 304 g/mol. The molecule has 0 saturated heterocycles. The fourth-order valence-electron chi connectivity index (χ4n) is 1.38. The number of carbonyl (C=O) groups is 1. The number of hydrogen-bond acceptors (Lipinski definition) is 6. The van der Waals surface area contributed by atoms with E-state index in [2.05, 4.69) is 14.7 Å². The molecule has 21 heavy (non-hydrogen) atoms. The van der Waals surface area contributed by atoms with Crippen molar-refractivity contribution in [3.63, 3.8) is 0 Å². The van der Waals surface area contributed by atoms with Crippen LogP contribution in [0.15, 0.2) is 41.6 Å². The van der Waals surface area contributed by atoms with Gasteiger partial charge < -0.3 is 5.11 Å². The van der Waals surface area contributed by atoms with Gasteiger partial charge in [-0.1, -0.05) is 0 Å². The predicted octanol–water partition coefficient (Wildman–Crippen LogP) is 0.847. The summed E-state index contributed by atoms with van der Waals surface area (Å²) < 4.78 is 26.2. The van der Waals surface area contributed by atoms with Crippen LogP contribution >= 0.6 is 0 Å². The first kappa shape index (κ1) is 14.4. The van der Waals surface area contributed by atoms with Gasteiger partial charge in [0.05, 0.1) is 5.56 Å². The Labute approximate surface area is 119 Å². The molecule has 0 aliphatic rings. The summed E-state index contributed by atoms with van der Waals surface area (Å²) in [5.74, 6) is -1.18. The van der Waals surface area contributed by atoms with Gasteiger partial charge in [-0.3, -0.25) is 4.72 Å². The molecular weight excluding hydrogens is 296 g/mol. The summed E-state index contributed by atoms with van der Waals surface area (Å²) in [5, 5.41) is 17.3. The summed E-state index contributed by atoms with van der Waals surface area (Å²) in [4.78, 5) is 17.9. The molecule has 8 nitrogen and oxygen atoms in total. The number of pyridine rings is 2. The van der Waals surface area contributed by atoms with Crippen molar-refractivity contribution in [2.45, 2.75) is 4.90 Å². The van der Waals surface area contributed by atoms with Crippen LogP contribution in [-0.2, 0) is 10.0 Å². The highest BCUT2D eigenvalue weighted by Crippen LogP contribution is 2.14. The second-order valence-electron chi connectivity index (χ2n) is 3.83. The standard InChI is InChI=1S/C12H8N4O4S/c13-5-9-2-3-10(7-14-9)21(19,20)16-11-4-1-8(6-15-11)12(17)18/h1-4,6-7H,(H,15,16)(H,17,18). The molecule has 0 atom stereocenters. The molecular formula is C12H8N4O4S. The minimum absolute atomic E-state index is 0.0237. The number of anilines is 1. The van der Waals surface area contributed by atoms with E-state index in [1.54, 1.807) is 6.07 Å². The molecule has 0 spiro atoms. The number of hydrogen-bond donors (Lipinski definition) is 2. The monoisotopic (exact) mass is 304 g/mol. The van der Waals surface area contributed by atoms with Crippen LogP contribution in [0.5, 0.6) is 0 Å². The van der Waals surface area contributed by atoms with E-state index >= 15 is 0 Å². The Kier molecular flexibility index (Phi) is 3.82. The number of rotatable bonds is 4. The number of nitrogens with zero attached hydrogens (tertiary/aromatic N) is 3. The number of aromatic nitrogens is 2. The maximum absolute atomic E-state index is 12.0. The van der Waals surface area contributed by atoms with Crippen LogP contribution in [0.2, 0.25) is 0 Å². The number of aromatic carboxylic acids is 1. The van der Waals surface area contributed by atoms with Gasteiger partial charge in [-0.2, -0.15) is 5.26 Å². The van der Waals surface area contributed by atoms with Crippen LogP contribution in [0.4, 0.5) is 5.82 Å². The van der Waals surface area contributed by atoms with Gasteiger partial charge in [0.15, 0.2) is 0 Å². The molecule has 106 valence electrons. The zero-order valence-electron chi connectivity index (χ0n) is 10.4. The molecule has 0 radical (unpaired) electrons. The summed E-state index contributed by atoms with van der Waals surface area (Å²) in [6.07, 6.45) is 2.09. The molecule has 0 aliphatic heterocycles. The van der Waals surface area contributed by atoms with Gasteiger partial charge >= 0.3 is 5.97 Å². The van der Waals surface area contributed by atoms with Crippen LogP contribution in [-0.4, -0.2) is 29.5 Å². The van der Waals surface area contributed by atoms with Gasteiger partial charge in [-0.15, -0.1) is 0 Å². The quantitative estimate of drug-likeness (QED) is 0.855. The van der Waals surface area contributed by atoms with Crippen molar-refractivity contribution in [1.29, 1.82) is 5.26 Å². The molecule has 0 amide bonds. The van der Waals surface area contributed by atoms with E-state index < -0.39 is 16.0 Å². The highest BCUT2D eigenvalue weighted by molar-refractivity contribution is 7.92. The maximum Gasteiger partial charge on any atom is 0.337 e. The highest BCUT2D eigenvalue weighted by atomic mass is 32.2. The molecule has 2 aromatic rings. The molecule has 2 N–H and O–H groups in total. The van der Waals surface area contributed by atoms with Crippen molar-refractivity contribution >= 4 is 21.8 Å². The van der Waals surface area contributed by atoms with Crippen molar-refractivity contribution in [3.05, 3.63) is 47.9 Å². The first-order chi connectivity index (χ1) is 9.92. The van der Waals surface area contributed by atoms with E-state index in [4.69, 9.17) is 10.4 Å². The van der Waals surface area contributed by atoms with E-state index in [0.29, 0.717) is 0 Å². The van der Waals surface area contributed by atoms with E-state index in [9.17, 15) is 13.2 Å². The first-order valence-corrected chi connectivity index (χ1v) is 6.99. The number of carboxylic acid groups (broad SMARTS) is 1. The molecule has 2 aromatic heterocycles. The summed E-state index contributed by atoms with van der Waals surface area (Å²) in [7, 11) is -3.90. The second-order valence-corrected chi connectivity index (χ2v) is 5.52. The normalized spacial score (nSPS) is 10.6. The lowest BCUT2D eigenvalue weighted by Crippen LogP contribution is -2.14. The number of nitrogens with one attached hydrogen (secondary N) is 1. The van der Waals surface area contributed by atoms with E-state index in [-0.39, 0.29) is 22.0 Å². The largest absolute Gasteiger partial charge is 0.478 e. The molecule has 2 heterocycles. The Bertz CT molecular complexity index is 808. The van der Waals surface area contributed by atoms with E-state index in [0.717, 1.165) is 12.4 Å². The molecule has 0 unspecified atom stereocenters. The number of sulfonamides is 1. The minimum Gasteiger partial charge on any atom is -0.478 e. The third-order valence-electron chi connectivity index (χ3n) is 2.41. The SMILES string of the molecule is N#Cc1ccc(S(=O)(=O)Nc2ccc(C(=O)O)cn2)cn1. The average Bonchev–Trinajstić information content (AvgIpc) is 2.47. The summed E-state index contributed by atoms with van der Waals surface area (Å²) in [5.41, 5.74) is 0.0378. The zero-order valence-corrected chi connectivity index (χ0v) is 11.2. The summed E-state index contributed by atoms with van der Waals surface area (Å²) in [6, 6.07) is 6.75. The lowest BCUT2D eigenvalue weighted by Gasteiger charge is -2.07. The summed E-state index contributed by atoms with van der Waals surface area (Å²) >= 11 is 0. The fraction of sp³-hybridized carbons (Fsp3) is 0. The lowest BCUT2D eigenvalue weighted by atomic mass is 10.3. The third kappa shape index (κ3) is 3.31. The van der Waals surface area contributed by atoms with Crippen LogP contribution < -0.4 is 4.72 Å². The molecule has 0 aliphatic carbocycles. The maximum atomic E-state index is 12.0. The Hall–Kier alpha value is -2.99. The van der Waals surface area contributed by atoms with Gasteiger partial charge in [-0.25, -0.2) is 23.2 Å². The van der Waals surface area contributed by atoms with Gasteiger partial charge in [0, 0.05) is 12.4 Å². The molecule has 0 saturated carbocycles. The molecule has 0 fully saturated rings. The highest BCUT2D eigenvalue weighted by Gasteiger charge is 2.15. The van der Waals surface area contributed by atoms with Crippen molar-refractivity contribution < 1.29 is 18.3 Å². The van der Waals surface area contributed by atoms with E-state index in [1.807, 2.05) is 0 Å². The van der Waals surface area contributed by atoms with Crippen molar-refractivity contribution in [1.82, 2.24) is 9.97 Å². The molecule has 2 rings (SSSR count). The van der Waals surface area contributed by atoms with Gasteiger partial charge in [0.1, 0.15) is 22.5 Å². The number of carboxylic acids is 1.